The van der Waals surface area contributed by atoms with Crippen LogP contribution in [-0.4, -0.2) is 48.6 Å². The predicted octanol–water partition coefficient (Wildman–Crippen LogP) is 1.78. The van der Waals surface area contributed by atoms with E-state index in [-0.39, 0.29) is 0 Å². The van der Waals surface area contributed by atoms with Crippen molar-refractivity contribution in [2.45, 2.75) is 37.9 Å². The fourth-order valence-electron chi connectivity index (χ4n) is 3.03. The molecule has 1 fully saturated rings. The van der Waals surface area contributed by atoms with Crippen molar-refractivity contribution in [3.8, 4) is 6.07 Å². The molecule has 0 aromatic heterocycles. The molecule has 0 bridgehead atoms. The van der Waals surface area contributed by atoms with Crippen molar-refractivity contribution in [3.63, 3.8) is 0 Å². The van der Waals surface area contributed by atoms with Crippen LogP contribution in [0.1, 0.15) is 25.8 Å². The number of nitriles is 1. The first-order chi connectivity index (χ1) is 9.96. The zero-order valence-corrected chi connectivity index (χ0v) is 13.3. The summed E-state index contributed by atoms with van der Waals surface area (Å²) in [7, 11) is 2.18. The third-order valence-corrected chi connectivity index (χ3v) is 4.75. The highest BCUT2D eigenvalue weighted by Gasteiger charge is 2.31. The van der Waals surface area contributed by atoms with Crippen LogP contribution in [0.2, 0.25) is 0 Å². The number of nitrogens with zero attached hydrogens (tertiary/aromatic N) is 3. The number of likely N-dealkylation sites (N-methyl/N-ethyl adjacent to an activating group) is 1. The van der Waals surface area contributed by atoms with Gasteiger partial charge in [0.15, 0.2) is 0 Å². The van der Waals surface area contributed by atoms with Gasteiger partial charge in [-0.3, -0.25) is 4.90 Å². The SMILES string of the molecule is CC1CN(CCC(N)(C#N)c2ccccc2)CC(C)N1C. The molecule has 3 atom stereocenters. The second-order valence-electron chi connectivity index (χ2n) is 6.32. The van der Waals surface area contributed by atoms with Gasteiger partial charge in [-0.05, 0) is 32.9 Å². The number of benzene rings is 1. The maximum atomic E-state index is 9.51. The average molecular weight is 286 g/mol. The van der Waals surface area contributed by atoms with Crippen LogP contribution >= 0.6 is 0 Å². The predicted molar refractivity (Wildman–Crippen MR) is 85.7 cm³/mol. The molecule has 1 aromatic rings. The second-order valence-corrected chi connectivity index (χ2v) is 6.32. The molecule has 0 amide bonds. The molecular weight excluding hydrogens is 260 g/mol. The van der Waals surface area contributed by atoms with E-state index in [0.29, 0.717) is 18.5 Å². The van der Waals surface area contributed by atoms with Crippen molar-refractivity contribution in [3.05, 3.63) is 35.9 Å². The minimum Gasteiger partial charge on any atom is -0.310 e. The molecule has 1 aliphatic heterocycles. The number of rotatable bonds is 4. The Bertz CT molecular complexity index is 483. The van der Waals surface area contributed by atoms with E-state index in [9.17, 15) is 5.26 Å². The molecular formula is C17H26N4. The summed E-state index contributed by atoms with van der Waals surface area (Å²) < 4.78 is 0. The van der Waals surface area contributed by atoms with Gasteiger partial charge in [0, 0.05) is 31.7 Å². The van der Waals surface area contributed by atoms with Crippen LogP contribution in [0.4, 0.5) is 0 Å². The minimum atomic E-state index is -0.892. The van der Waals surface area contributed by atoms with E-state index in [1.807, 2.05) is 30.3 Å². The van der Waals surface area contributed by atoms with Gasteiger partial charge in [-0.2, -0.15) is 5.26 Å². The molecule has 3 unspecified atom stereocenters. The Morgan fingerprint density at radius 3 is 2.33 bits per heavy atom. The fraction of sp³-hybridized carbons (Fsp3) is 0.588. The molecule has 4 nitrogen and oxygen atoms in total. The molecule has 21 heavy (non-hydrogen) atoms. The van der Waals surface area contributed by atoms with Crippen LogP contribution in [0.3, 0.4) is 0 Å². The summed E-state index contributed by atoms with van der Waals surface area (Å²) in [5, 5.41) is 9.51. The molecule has 0 aliphatic carbocycles. The molecule has 2 N–H and O–H groups in total. The molecule has 4 heteroatoms. The van der Waals surface area contributed by atoms with E-state index in [1.54, 1.807) is 0 Å². The van der Waals surface area contributed by atoms with Gasteiger partial charge in [-0.15, -0.1) is 0 Å². The summed E-state index contributed by atoms with van der Waals surface area (Å²) in [4.78, 5) is 4.84. The summed E-state index contributed by atoms with van der Waals surface area (Å²) in [5.74, 6) is 0. The lowest BCUT2D eigenvalue weighted by molar-refractivity contribution is 0.0569. The highest BCUT2D eigenvalue weighted by atomic mass is 15.3. The normalized spacial score (nSPS) is 27.0. The van der Waals surface area contributed by atoms with E-state index in [0.717, 1.165) is 25.2 Å². The van der Waals surface area contributed by atoms with Crippen LogP contribution in [-0.2, 0) is 5.54 Å². The summed E-state index contributed by atoms with van der Waals surface area (Å²) in [5.41, 5.74) is 6.35. The highest BCUT2D eigenvalue weighted by Crippen LogP contribution is 2.23. The maximum absolute atomic E-state index is 9.51. The van der Waals surface area contributed by atoms with Crippen LogP contribution in [0.15, 0.2) is 30.3 Å². The third kappa shape index (κ3) is 3.62. The number of piperazine rings is 1. The lowest BCUT2D eigenvalue weighted by Crippen LogP contribution is -2.55. The zero-order chi connectivity index (χ0) is 15.5. The molecule has 114 valence electrons. The third-order valence-electron chi connectivity index (χ3n) is 4.75. The van der Waals surface area contributed by atoms with Gasteiger partial charge in [0.25, 0.3) is 0 Å². The highest BCUT2D eigenvalue weighted by molar-refractivity contribution is 5.30. The fourth-order valence-corrected chi connectivity index (χ4v) is 3.03. The Kier molecular flexibility index (Phi) is 5.00. The first kappa shape index (κ1) is 16.0. The van der Waals surface area contributed by atoms with Gasteiger partial charge >= 0.3 is 0 Å². The van der Waals surface area contributed by atoms with Gasteiger partial charge < -0.3 is 10.6 Å². The summed E-state index contributed by atoms with van der Waals surface area (Å²) in [6, 6.07) is 13.1. The number of nitrogens with two attached hydrogens (primary N) is 1. The Balaban J connectivity index is 2.00. The molecule has 0 saturated carbocycles. The van der Waals surface area contributed by atoms with Gasteiger partial charge in [-0.25, -0.2) is 0 Å². The summed E-state index contributed by atoms with van der Waals surface area (Å²) in [6.07, 6.45) is 0.663. The van der Waals surface area contributed by atoms with Crippen molar-refractivity contribution in [1.82, 2.24) is 9.80 Å². The second kappa shape index (κ2) is 6.57. The topological polar surface area (TPSA) is 56.3 Å². The van der Waals surface area contributed by atoms with E-state index in [4.69, 9.17) is 5.73 Å². The van der Waals surface area contributed by atoms with Crippen molar-refractivity contribution < 1.29 is 0 Å². The quantitative estimate of drug-likeness (QED) is 0.916. The Morgan fingerprint density at radius 2 is 1.81 bits per heavy atom. The van der Waals surface area contributed by atoms with E-state index in [2.05, 4.69) is 36.8 Å². The summed E-state index contributed by atoms with van der Waals surface area (Å²) in [6.45, 7) is 7.44. The lowest BCUT2D eigenvalue weighted by Gasteiger charge is -2.43. The van der Waals surface area contributed by atoms with Crippen molar-refractivity contribution in [1.29, 1.82) is 5.26 Å². The molecule has 0 radical (unpaired) electrons. The van der Waals surface area contributed by atoms with Crippen molar-refractivity contribution in [2.75, 3.05) is 26.7 Å². The lowest BCUT2D eigenvalue weighted by atomic mass is 9.89. The van der Waals surface area contributed by atoms with Gasteiger partial charge in [0.05, 0.1) is 6.07 Å². The molecule has 1 aromatic carbocycles. The largest absolute Gasteiger partial charge is 0.310 e. The molecule has 1 heterocycles. The molecule has 1 saturated heterocycles. The standard InChI is InChI=1S/C17H26N4/c1-14-11-21(12-15(2)20(14)3)10-9-17(19,13-18)16-7-5-4-6-8-16/h4-8,14-15H,9-12,19H2,1-3H3. The molecule has 0 spiro atoms. The monoisotopic (exact) mass is 286 g/mol. The van der Waals surface area contributed by atoms with Gasteiger partial charge in [0.2, 0.25) is 0 Å². The van der Waals surface area contributed by atoms with Crippen molar-refractivity contribution in [2.24, 2.45) is 5.73 Å². The summed E-state index contributed by atoms with van der Waals surface area (Å²) >= 11 is 0. The van der Waals surface area contributed by atoms with Crippen LogP contribution in [0.25, 0.3) is 0 Å². The van der Waals surface area contributed by atoms with Gasteiger partial charge in [-0.1, -0.05) is 30.3 Å². The van der Waals surface area contributed by atoms with Crippen LogP contribution in [0, 0.1) is 11.3 Å². The molecule has 2 rings (SSSR count). The maximum Gasteiger partial charge on any atom is 0.131 e. The van der Waals surface area contributed by atoms with E-state index < -0.39 is 5.54 Å². The van der Waals surface area contributed by atoms with E-state index >= 15 is 0 Å². The minimum absolute atomic E-state index is 0.541. The first-order valence-corrected chi connectivity index (χ1v) is 7.66. The van der Waals surface area contributed by atoms with Gasteiger partial charge in [0.1, 0.15) is 5.54 Å². The van der Waals surface area contributed by atoms with E-state index in [1.165, 1.54) is 0 Å². The Hall–Kier alpha value is -1.41. The Morgan fingerprint density at radius 1 is 1.24 bits per heavy atom. The van der Waals surface area contributed by atoms with Crippen LogP contribution < -0.4 is 5.73 Å². The molecule has 1 aliphatic rings. The smallest absolute Gasteiger partial charge is 0.131 e. The average Bonchev–Trinajstić information content (AvgIpc) is 2.51. The zero-order valence-electron chi connectivity index (χ0n) is 13.3. The number of hydrogen-bond donors (Lipinski definition) is 1. The van der Waals surface area contributed by atoms with Crippen molar-refractivity contribution >= 4 is 0 Å². The number of hydrogen-bond acceptors (Lipinski definition) is 4. The Labute approximate surface area is 128 Å². The first-order valence-electron chi connectivity index (χ1n) is 7.66. The van der Waals surface area contributed by atoms with Crippen LogP contribution in [0.5, 0.6) is 0 Å².